The van der Waals surface area contributed by atoms with Gasteiger partial charge in [0.1, 0.15) is 5.60 Å². The van der Waals surface area contributed by atoms with Gasteiger partial charge in [0.15, 0.2) is 0 Å². The summed E-state index contributed by atoms with van der Waals surface area (Å²) in [5, 5.41) is 12.6. The highest BCUT2D eigenvalue weighted by atomic mass is 16.5. The minimum absolute atomic E-state index is 0.0469. The summed E-state index contributed by atoms with van der Waals surface area (Å²) in [7, 11) is 0. The van der Waals surface area contributed by atoms with Crippen LogP contribution in [-0.4, -0.2) is 35.9 Å². The molecule has 1 aliphatic heterocycles. The molecule has 1 saturated heterocycles. The maximum Gasteiger partial charge on any atom is 0.232 e. The van der Waals surface area contributed by atoms with Crippen molar-refractivity contribution in [2.24, 2.45) is 0 Å². The van der Waals surface area contributed by atoms with E-state index >= 15 is 0 Å². The first kappa shape index (κ1) is 11.0. The number of carbonyl (C=O) groups excluding carboxylic acids is 1. The molecule has 0 radical (unpaired) electrons. The monoisotopic (exact) mass is 197 g/mol. The van der Waals surface area contributed by atoms with Crippen LogP contribution in [0, 0.1) is 12.3 Å². The van der Waals surface area contributed by atoms with E-state index in [2.05, 4.69) is 11.2 Å². The molecule has 0 aromatic rings. The maximum absolute atomic E-state index is 11.0. The first-order valence-electron chi connectivity index (χ1n) is 4.62. The van der Waals surface area contributed by atoms with Crippen LogP contribution in [0.3, 0.4) is 0 Å². The highest BCUT2D eigenvalue weighted by molar-refractivity contribution is 5.78. The quantitative estimate of drug-likeness (QED) is 0.609. The van der Waals surface area contributed by atoms with Gasteiger partial charge in [0, 0.05) is 19.6 Å². The van der Waals surface area contributed by atoms with Crippen molar-refractivity contribution in [2.75, 3.05) is 13.2 Å². The number of hydrogen-bond acceptors (Lipinski definition) is 3. The second-order valence-corrected chi connectivity index (χ2v) is 3.52. The number of nitrogens with one attached hydrogen (secondary N) is 1. The number of terminal acetylenes is 1. The van der Waals surface area contributed by atoms with Crippen molar-refractivity contribution in [2.45, 2.75) is 31.5 Å². The van der Waals surface area contributed by atoms with Crippen LogP contribution >= 0.6 is 0 Å². The Balaban J connectivity index is 2.37. The van der Waals surface area contributed by atoms with E-state index in [9.17, 15) is 9.90 Å². The molecule has 1 heterocycles. The minimum Gasteiger partial charge on any atom is -0.385 e. The fourth-order valence-corrected chi connectivity index (χ4v) is 1.41. The minimum atomic E-state index is -0.940. The number of carbonyl (C=O) groups is 1. The van der Waals surface area contributed by atoms with Gasteiger partial charge in [-0.1, -0.05) is 5.92 Å². The first-order valence-corrected chi connectivity index (χ1v) is 4.62. The predicted molar refractivity (Wildman–Crippen MR) is 51.4 cm³/mol. The Bertz CT molecular complexity index is 259. The molecule has 1 aliphatic rings. The van der Waals surface area contributed by atoms with Gasteiger partial charge in [-0.15, -0.1) is 6.42 Å². The van der Waals surface area contributed by atoms with Crippen LogP contribution in [0.5, 0.6) is 0 Å². The van der Waals surface area contributed by atoms with E-state index in [0.717, 1.165) is 0 Å². The second-order valence-electron chi connectivity index (χ2n) is 3.52. The molecule has 4 heteroatoms. The van der Waals surface area contributed by atoms with Crippen LogP contribution in [0.1, 0.15) is 19.8 Å². The van der Waals surface area contributed by atoms with E-state index in [-0.39, 0.29) is 25.0 Å². The molecule has 0 aromatic carbocycles. The zero-order chi connectivity index (χ0) is 10.6. The Morgan fingerprint density at radius 3 is 3.07 bits per heavy atom. The van der Waals surface area contributed by atoms with Gasteiger partial charge in [0.05, 0.1) is 12.5 Å². The van der Waals surface area contributed by atoms with Crippen molar-refractivity contribution in [1.29, 1.82) is 0 Å². The van der Waals surface area contributed by atoms with Gasteiger partial charge in [-0.05, 0) is 6.92 Å². The summed E-state index contributed by atoms with van der Waals surface area (Å²) in [6.07, 6.45) is 5.33. The lowest BCUT2D eigenvalue weighted by Gasteiger charge is -2.25. The average Bonchev–Trinajstić information content (AvgIpc) is 2.46. The van der Waals surface area contributed by atoms with Gasteiger partial charge in [-0.25, -0.2) is 0 Å². The number of hydrogen-bond donors (Lipinski definition) is 2. The molecule has 4 nitrogen and oxygen atoms in total. The van der Waals surface area contributed by atoms with Crippen LogP contribution in [-0.2, 0) is 9.53 Å². The molecule has 78 valence electrons. The van der Waals surface area contributed by atoms with Crippen molar-refractivity contribution in [3.05, 3.63) is 0 Å². The molecule has 2 atom stereocenters. The molecule has 0 spiro atoms. The van der Waals surface area contributed by atoms with E-state index in [1.54, 1.807) is 6.92 Å². The first-order chi connectivity index (χ1) is 6.58. The lowest BCUT2D eigenvalue weighted by molar-refractivity contribution is -0.121. The molecule has 0 saturated carbocycles. The SMILES string of the molecule is C#CCC(=O)NCC1(O)CCOC1C. The van der Waals surface area contributed by atoms with E-state index in [0.29, 0.717) is 13.0 Å². The van der Waals surface area contributed by atoms with E-state index in [4.69, 9.17) is 11.2 Å². The molecule has 1 amide bonds. The fraction of sp³-hybridized carbons (Fsp3) is 0.700. The highest BCUT2D eigenvalue weighted by Crippen LogP contribution is 2.24. The summed E-state index contributed by atoms with van der Waals surface area (Å²) >= 11 is 0. The van der Waals surface area contributed by atoms with E-state index in [1.165, 1.54) is 0 Å². The Morgan fingerprint density at radius 1 is 1.86 bits per heavy atom. The largest absolute Gasteiger partial charge is 0.385 e. The second kappa shape index (κ2) is 4.45. The van der Waals surface area contributed by atoms with Crippen LogP contribution in [0.15, 0.2) is 0 Å². The third-order valence-corrected chi connectivity index (χ3v) is 2.51. The molecule has 1 fully saturated rings. The summed E-state index contributed by atoms with van der Waals surface area (Å²) in [5.41, 5.74) is -0.940. The number of ether oxygens (including phenoxy) is 1. The zero-order valence-electron chi connectivity index (χ0n) is 8.25. The maximum atomic E-state index is 11.0. The molecule has 2 N–H and O–H groups in total. The fourth-order valence-electron chi connectivity index (χ4n) is 1.41. The Hall–Kier alpha value is -1.05. The molecule has 2 unspecified atom stereocenters. The third-order valence-electron chi connectivity index (χ3n) is 2.51. The third kappa shape index (κ3) is 2.47. The molecular formula is C10H15NO3. The van der Waals surface area contributed by atoms with Crippen molar-refractivity contribution < 1.29 is 14.6 Å². The molecule has 0 bridgehead atoms. The summed E-state index contributed by atoms with van der Waals surface area (Å²) in [5.74, 6) is 2.01. The van der Waals surface area contributed by atoms with Gasteiger partial charge in [0.25, 0.3) is 0 Å². The number of amides is 1. The number of rotatable bonds is 3. The summed E-state index contributed by atoms with van der Waals surface area (Å²) in [6.45, 7) is 2.53. The number of aliphatic hydroxyl groups is 1. The molecule has 1 rings (SSSR count). The highest BCUT2D eigenvalue weighted by Gasteiger charge is 2.39. The Morgan fingerprint density at radius 2 is 2.57 bits per heavy atom. The van der Waals surface area contributed by atoms with Gasteiger partial charge in [-0.3, -0.25) is 4.79 Å². The summed E-state index contributed by atoms with van der Waals surface area (Å²) < 4.78 is 5.22. The summed E-state index contributed by atoms with van der Waals surface area (Å²) in [4.78, 5) is 11.0. The van der Waals surface area contributed by atoms with E-state index in [1.807, 2.05) is 0 Å². The topological polar surface area (TPSA) is 58.6 Å². The van der Waals surface area contributed by atoms with Crippen molar-refractivity contribution >= 4 is 5.91 Å². The van der Waals surface area contributed by atoms with Gasteiger partial charge < -0.3 is 15.2 Å². The molecular weight excluding hydrogens is 182 g/mol. The van der Waals surface area contributed by atoms with Crippen LogP contribution in [0.4, 0.5) is 0 Å². The lowest BCUT2D eigenvalue weighted by atomic mass is 9.97. The smallest absolute Gasteiger partial charge is 0.232 e. The average molecular weight is 197 g/mol. The van der Waals surface area contributed by atoms with Crippen LogP contribution in [0.25, 0.3) is 0 Å². The Labute approximate surface area is 83.6 Å². The standard InChI is InChI=1S/C10H15NO3/c1-3-4-9(12)11-7-10(13)5-6-14-8(10)2/h1,8,13H,4-7H2,2H3,(H,11,12). The molecule has 0 aromatic heterocycles. The Kier molecular flexibility index (Phi) is 3.50. The van der Waals surface area contributed by atoms with E-state index < -0.39 is 5.60 Å². The van der Waals surface area contributed by atoms with Gasteiger partial charge in [0.2, 0.25) is 5.91 Å². The van der Waals surface area contributed by atoms with Crippen LogP contribution < -0.4 is 5.32 Å². The lowest BCUT2D eigenvalue weighted by Crippen LogP contribution is -2.47. The van der Waals surface area contributed by atoms with Crippen molar-refractivity contribution in [3.8, 4) is 12.3 Å². The van der Waals surface area contributed by atoms with Gasteiger partial charge >= 0.3 is 0 Å². The zero-order valence-corrected chi connectivity index (χ0v) is 8.25. The molecule has 14 heavy (non-hydrogen) atoms. The summed E-state index contributed by atoms with van der Waals surface area (Å²) in [6, 6.07) is 0. The van der Waals surface area contributed by atoms with Gasteiger partial charge in [-0.2, -0.15) is 0 Å². The van der Waals surface area contributed by atoms with Crippen molar-refractivity contribution in [1.82, 2.24) is 5.32 Å². The van der Waals surface area contributed by atoms with Crippen LogP contribution in [0.2, 0.25) is 0 Å². The molecule has 0 aliphatic carbocycles. The normalized spacial score (nSPS) is 31.1. The predicted octanol–water partition coefficient (Wildman–Crippen LogP) is -0.334. The van der Waals surface area contributed by atoms with Crippen molar-refractivity contribution in [3.63, 3.8) is 0 Å².